The Morgan fingerprint density at radius 2 is 1.88 bits per heavy atom. The van der Waals surface area contributed by atoms with E-state index in [0.29, 0.717) is 5.92 Å². The summed E-state index contributed by atoms with van der Waals surface area (Å²) in [6.07, 6.45) is 5.81. The fourth-order valence-electron chi connectivity index (χ4n) is 1.88. The number of amides is 1. The zero-order valence-electron chi connectivity index (χ0n) is 10.8. The maximum atomic E-state index is 11.3. The molecule has 94 valence electrons. The van der Waals surface area contributed by atoms with Gasteiger partial charge >= 0.3 is 0 Å². The molecule has 0 saturated heterocycles. The van der Waals surface area contributed by atoms with E-state index in [-0.39, 0.29) is 5.91 Å². The first-order valence-electron chi connectivity index (χ1n) is 6.78. The lowest BCUT2D eigenvalue weighted by molar-refractivity contribution is -0.122. The fraction of sp³-hybridized carbons (Fsp3) is 0.923. The highest BCUT2D eigenvalue weighted by atomic mass is 16.2. The van der Waals surface area contributed by atoms with Crippen molar-refractivity contribution in [1.82, 2.24) is 10.2 Å². The number of nitrogens with zero attached hydrogens (tertiary/aromatic N) is 1. The van der Waals surface area contributed by atoms with Crippen LogP contribution in [0.15, 0.2) is 0 Å². The van der Waals surface area contributed by atoms with Gasteiger partial charge in [0.25, 0.3) is 0 Å². The summed E-state index contributed by atoms with van der Waals surface area (Å²) in [4.78, 5) is 13.8. The summed E-state index contributed by atoms with van der Waals surface area (Å²) in [7, 11) is 0. The van der Waals surface area contributed by atoms with Crippen molar-refractivity contribution in [3.8, 4) is 0 Å². The van der Waals surface area contributed by atoms with Gasteiger partial charge < -0.3 is 10.2 Å². The summed E-state index contributed by atoms with van der Waals surface area (Å²) in [6, 6.07) is 0. The largest absolute Gasteiger partial charge is 0.356 e. The molecular formula is C13H26N2O. The molecule has 0 bridgehead atoms. The van der Waals surface area contributed by atoms with Crippen LogP contribution in [0.4, 0.5) is 0 Å². The van der Waals surface area contributed by atoms with Crippen molar-refractivity contribution in [2.75, 3.05) is 26.2 Å². The Labute approximate surface area is 99.6 Å². The molecule has 0 radical (unpaired) electrons. The standard InChI is InChI=1S/C13H26N2O/c1-3-15(4-2)11-7-5-6-10-14-13(16)12-8-9-12/h12H,3-11H2,1-2H3,(H,14,16). The first kappa shape index (κ1) is 13.5. The van der Waals surface area contributed by atoms with Crippen molar-refractivity contribution >= 4 is 5.91 Å². The highest BCUT2D eigenvalue weighted by Gasteiger charge is 2.28. The molecule has 16 heavy (non-hydrogen) atoms. The molecule has 3 heteroatoms. The molecular weight excluding hydrogens is 200 g/mol. The molecule has 1 amide bonds. The van der Waals surface area contributed by atoms with E-state index in [1.807, 2.05) is 0 Å². The lowest BCUT2D eigenvalue weighted by Gasteiger charge is -2.17. The number of hydrogen-bond donors (Lipinski definition) is 1. The van der Waals surface area contributed by atoms with Gasteiger partial charge in [-0.3, -0.25) is 4.79 Å². The topological polar surface area (TPSA) is 32.3 Å². The lowest BCUT2D eigenvalue weighted by Crippen LogP contribution is -2.26. The van der Waals surface area contributed by atoms with E-state index >= 15 is 0 Å². The summed E-state index contributed by atoms with van der Waals surface area (Å²) >= 11 is 0. The number of rotatable bonds is 9. The minimum Gasteiger partial charge on any atom is -0.356 e. The van der Waals surface area contributed by atoms with Gasteiger partial charge in [-0.1, -0.05) is 20.3 Å². The smallest absolute Gasteiger partial charge is 0.223 e. The second-order valence-electron chi connectivity index (χ2n) is 4.65. The van der Waals surface area contributed by atoms with Gasteiger partial charge in [-0.2, -0.15) is 0 Å². The first-order chi connectivity index (χ1) is 7.77. The van der Waals surface area contributed by atoms with Crippen LogP contribution in [0.25, 0.3) is 0 Å². The van der Waals surface area contributed by atoms with Crippen molar-refractivity contribution < 1.29 is 4.79 Å². The van der Waals surface area contributed by atoms with Crippen molar-refractivity contribution in [1.29, 1.82) is 0 Å². The van der Waals surface area contributed by atoms with E-state index in [4.69, 9.17) is 0 Å². The number of carbonyl (C=O) groups is 1. The summed E-state index contributed by atoms with van der Waals surface area (Å²) in [5.41, 5.74) is 0. The molecule has 0 aliphatic heterocycles. The van der Waals surface area contributed by atoms with Gasteiger partial charge in [0.15, 0.2) is 0 Å². The molecule has 0 spiro atoms. The number of hydrogen-bond acceptors (Lipinski definition) is 2. The van der Waals surface area contributed by atoms with Crippen LogP contribution in [0.5, 0.6) is 0 Å². The molecule has 3 nitrogen and oxygen atoms in total. The van der Waals surface area contributed by atoms with E-state index < -0.39 is 0 Å². The van der Waals surface area contributed by atoms with Gasteiger partial charge in [-0.15, -0.1) is 0 Å². The maximum absolute atomic E-state index is 11.3. The molecule has 1 aliphatic rings. The quantitative estimate of drug-likeness (QED) is 0.610. The Morgan fingerprint density at radius 3 is 2.44 bits per heavy atom. The van der Waals surface area contributed by atoms with Crippen LogP contribution in [0, 0.1) is 5.92 Å². The summed E-state index contributed by atoms with van der Waals surface area (Å²) < 4.78 is 0. The Balaban J connectivity index is 1.85. The summed E-state index contributed by atoms with van der Waals surface area (Å²) in [5, 5.41) is 3.01. The molecule has 0 aromatic heterocycles. The number of carbonyl (C=O) groups excluding carboxylic acids is 1. The van der Waals surface area contributed by atoms with Crippen LogP contribution in [0.1, 0.15) is 46.0 Å². The highest BCUT2D eigenvalue weighted by molar-refractivity contribution is 5.80. The third-order valence-electron chi connectivity index (χ3n) is 3.29. The molecule has 0 aromatic rings. The second kappa shape index (κ2) is 7.66. The van der Waals surface area contributed by atoms with Gasteiger partial charge in [-0.05, 0) is 45.3 Å². The van der Waals surface area contributed by atoms with Crippen LogP contribution in [-0.4, -0.2) is 37.0 Å². The van der Waals surface area contributed by atoms with Crippen molar-refractivity contribution in [3.63, 3.8) is 0 Å². The third-order valence-corrected chi connectivity index (χ3v) is 3.29. The molecule has 0 atom stereocenters. The molecule has 1 saturated carbocycles. The van der Waals surface area contributed by atoms with Gasteiger partial charge in [0.1, 0.15) is 0 Å². The Bertz CT molecular complexity index is 198. The van der Waals surface area contributed by atoms with Crippen molar-refractivity contribution in [3.05, 3.63) is 0 Å². The molecule has 0 unspecified atom stereocenters. The predicted molar refractivity (Wildman–Crippen MR) is 67.4 cm³/mol. The van der Waals surface area contributed by atoms with E-state index in [1.165, 1.54) is 19.4 Å². The zero-order valence-corrected chi connectivity index (χ0v) is 10.8. The van der Waals surface area contributed by atoms with Crippen molar-refractivity contribution in [2.45, 2.75) is 46.0 Å². The van der Waals surface area contributed by atoms with E-state index in [9.17, 15) is 4.79 Å². The monoisotopic (exact) mass is 226 g/mol. The third kappa shape index (κ3) is 5.50. The predicted octanol–water partition coefficient (Wildman–Crippen LogP) is 2.02. The summed E-state index contributed by atoms with van der Waals surface area (Å²) in [6.45, 7) is 8.78. The van der Waals surface area contributed by atoms with Crippen LogP contribution >= 0.6 is 0 Å². The normalized spacial score (nSPS) is 15.4. The van der Waals surface area contributed by atoms with Gasteiger partial charge in [0, 0.05) is 12.5 Å². The molecule has 0 aromatic carbocycles. The Morgan fingerprint density at radius 1 is 1.19 bits per heavy atom. The van der Waals surface area contributed by atoms with Crippen LogP contribution in [0.2, 0.25) is 0 Å². The molecule has 0 heterocycles. The molecule has 1 N–H and O–H groups in total. The van der Waals surface area contributed by atoms with E-state index in [0.717, 1.165) is 38.9 Å². The molecule has 1 fully saturated rings. The average molecular weight is 226 g/mol. The van der Waals surface area contributed by atoms with E-state index in [2.05, 4.69) is 24.1 Å². The average Bonchev–Trinajstić information content (AvgIpc) is 3.12. The molecule has 1 aliphatic carbocycles. The SMILES string of the molecule is CCN(CC)CCCCCNC(=O)C1CC1. The van der Waals surface area contributed by atoms with E-state index in [1.54, 1.807) is 0 Å². The van der Waals surface area contributed by atoms with Crippen LogP contribution in [0.3, 0.4) is 0 Å². The maximum Gasteiger partial charge on any atom is 0.223 e. The number of nitrogens with one attached hydrogen (secondary N) is 1. The lowest BCUT2D eigenvalue weighted by atomic mass is 10.2. The minimum absolute atomic E-state index is 0.281. The Kier molecular flexibility index (Phi) is 6.46. The fourth-order valence-corrected chi connectivity index (χ4v) is 1.88. The van der Waals surface area contributed by atoms with Crippen LogP contribution in [-0.2, 0) is 4.79 Å². The first-order valence-corrected chi connectivity index (χ1v) is 6.78. The second-order valence-corrected chi connectivity index (χ2v) is 4.65. The van der Waals surface area contributed by atoms with Gasteiger partial charge in [0.05, 0.1) is 0 Å². The molecule has 1 rings (SSSR count). The van der Waals surface area contributed by atoms with Gasteiger partial charge in [0.2, 0.25) is 5.91 Å². The zero-order chi connectivity index (χ0) is 11.8. The Hall–Kier alpha value is -0.570. The number of unbranched alkanes of at least 4 members (excludes halogenated alkanes) is 2. The van der Waals surface area contributed by atoms with Crippen molar-refractivity contribution in [2.24, 2.45) is 5.92 Å². The highest BCUT2D eigenvalue weighted by Crippen LogP contribution is 2.28. The van der Waals surface area contributed by atoms with Crippen LogP contribution < -0.4 is 5.32 Å². The van der Waals surface area contributed by atoms with Gasteiger partial charge in [-0.25, -0.2) is 0 Å². The summed E-state index contributed by atoms with van der Waals surface area (Å²) in [5.74, 6) is 0.638. The minimum atomic E-state index is 0.281.